The molecule has 1 spiro atoms. The summed E-state index contributed by atoms with van der Waals surface area (Å²) in [5, 5.41) is 12.7. The van der Waals surface area contributed by atoms with Crippen molar-refractivity contribution >= 4 is 29.3 Å². The van der Waals surface area contributed by atoms with Crippen LogP contribution in [0, 0.1) is 5.41 Å². The summed E-state index contributed by atoms with van der Waals surface area (Å²) in [6.45, 7) is 1.69. The van der Waals surface area contributed by atoms with Crippen molar-refractivity contribution < 1.29 is 27.8 Å². The van der Waals surface area contributed by atoms with Crippen LogP contribution >= 0.6 is 11.6 Å². The lowest BCUT2D eigenvalue weighted by Crippen LogP contribution is -2.41. The van der Waals surface area contributed by atoms with Crippen LogP contribution in [0.25, 0.3) is 11.1 Å². The van der Waals surface area contributed by atoms with Gasteiger partial charge in [-0.1, -0.05) is 48.0 Å². The van der Waals surface area contributed by atoms with Gasteiger partial charge >= 0.3 is 12.1 Å². The van der Waals surface area contributed by atoms with Crippen molar-refractivity contribution in [2.24, 2.45) is 5.41 Å². The number of nitrogens with one attached hydrogen (secondary N) is 1. The summed E-state index contributed by atoms with van der Waals surface area (Å²) in [6, 6.07) is 13.6. The fourth-order valence-electron chi connectivity index (χ4n) is 5.39. The second-order valence-electron chi connectivity index (χ2n) is 10.0. The molecule has 3 aromatic rings. The monoisotopic (exact) mass is 561 g/mol. The average Bonchev–Trinajstić information content (AvgIpc) is 3.31. The van der Waals surface area contributed by atoms with E-state index in [4.69, 9.17) is 22.1 Å². The number of ether oxygens (including phenoxy) is 1. The van der Waals surface area contributed by atoms with E-state index in [0.29, 0.717) is 60.9 Å². The molecule has 0 radical (unpaired) electrons. The molecule has 0 bridgehead atoms. The predicted molar refractivity (Wildman–Crippen MR) is 141 cm³/mol. The highest BCUT2D eigenvalue weighted by Crippen LogP contribution is 2.43. The summed E-state index contributed by atoms with van der Waals surface area (Å²) in [5.41, 5.74) is 6.49. The molecule has 8 nitrogen and oxygen atoms in total. The number of halogens is 4. The highest BCUT2D eigenvalue weighted by atomic mass is 35.5. The molecule has 2 aliphatic rings. The van der Waals surface area contributed by atoms with E-state index in [2.05, 4.69) is 15.3 Å². The van der Waals surface area contributed by atoms with Crippen LogP contribution in [0.15, 0.2) is 54.6 Å². The highest BCUT2D eigenvalue weighted by molar-refractivity contribution is 6.30. The lowest BCUT2D eigenvalue weighted by Gasteiger charge is -2.39. The number of carboxylic acids is 1. The van der Waals surface area contributed by atoms with Crippen molar-refractivity contribution in [3.05, 3.63) is 65.2 Å². The number of nitrogens with zero attached hydrogens (tertiary/aromatic N) is 3. The third kappa shape index (κ3) is 5.89. The number of rotatable bonds is 6. The minimum absolute atomic E-state index is 0.113. The number of carboxylic acid groups (broad SMARTS) is 1. The molecular weight excluding hydrogens is 535 g/mol. The maximum absolute atomic E-state index is 14.4. The van der Waals surface area contributed by atoms with E-state index < -0.39 is 24.3 Å². The van der Waals surface area contributed by atoms with Crippen LogP contribution < -0.4 is 20.7 Å². The van der Waals surface area contributed by atoms with E-state index in [9.17, 15) is 23.1 Å². The first-order valence-electron chi connectivity index (χ1n) is 12.5. The maximum atomic E-state index is 14.4. The van der Waals surface area contributed by atoms with Gasteiger partial charge in [0.05, 0.1) is 0 Å². The van der Waals surface area contributed by atoms with Crippen molar-refractivity contribution in [1.29, 1.82) is 0 Å². The van der Waals surface area contributed by atoms with Gasteiger partial charge < -0.3 is 25.8 Å². The minimum Gasteiger partial charge on any atom is -0.480 e. The fraction of sp³-hybridized carbons (Fsp3) is 0.370. The van der Waals surface area contributed by atoms with Crippen LogP contribution in [0.4, 0.5) is 24.9 Å². The molecule has 1 unspecified atom stereocenters. The first-order valence-corrected chi connectivity index (χ1v) is 12.8. The summed E-state index contributed by atoms with van der Waals surface area (Å²) in [4.78, 5) is 21.5. The van der Waals surface area contributed by atoms with Gasteiger partial charge in [0.1, 0.15) is 11.9 Å². The van der Waals surface area contributed by atoms with Crippen molar-refractivity contribution in [3.63, 3.8) is 0 Å². The van der Waals surface area contributed by atoms with E-state index in [-0.39, 0.29) is 22.8 Å². The zero-order valence-corrected chi connectivity index (χ0v) is 21.5. The number of aliphatic carboxylic acids is 1. The Morgan fingerprint density at radius 1 is 1.15 bits per heavy atom. The van der Waals surface area contributed by atoms with E-state index in [1.165, 1.54) is 24.3 Å². The Morgan fingerprint density at radius 3 is 2.51 bits per heavy atom. The van der Waals surface area contributed by atoms with E-state index in [1.54, 1.807) is 30.3 Å². The fourth-order valence-corrected chi connectivity index (χ4v) is 5.56. The molecule has 2 fully saturated rings. The Morgan fingerprint density at radius 2 is 1.87 bits per heavy atom. The average molecular weight is 562 g/mol. The van der Waals surface area contributed by atoms with Crippen LogP contribution in [-0.2, 0) is 4.79 Å². The zero-order chi connectivity index (χ0) is 27.8. The summed E-state index contributed by atoms with van der Waals surface area (Å²) in [6.07, 6.45) is -5.16. The van der Waals surface area contributed by atoms with Gasteiger partial charge in [-0.05, 0) is 47.9 Å². The Hall–Kier alpha value is -3.57. The molecule has 2 aromatic carbocycles. The van der Waals surface area contributed by atoms with Gasteiger partial charge in [-0.15, -0.1) is 0 Å². The van der Waals surface area contributed by atoms with E-state index in [1.807, 2.05) is 4.90 Å². The summed E-state index contributed by atoms with van der Waals surface area (Å²) < 4.78 is 48.7. The van der Waals surface area contributed by atoms with Gasteiger partial charge in [0.25, 0.3) is 0 Å². The molecule has 0 saturated carbocycles. The molecule has 12 heteroatoms. The summed E-state index contributed by atoms with van der Waals surface area (Å²) >= 11 is 6.14. The largest absolute Gasteiger partial charge is 0.480 e. The predicted octanol–water partition coefficient (Wildman–Crippen LogP) is 5.09. The minimum atomic E-state index is -4.77. The van der Waals surface area contributed by atoms with Gasteiger partial charge in [-0.2, -0.15) is 23.1 Å². The van der Waals surface area contributed by atoms with E-state index in [0.717, 1.165) is 0 Å². The number of piperidine rings is 1. The molecule has 2 atom stereocenters. The first-order chi connectivity index (χ1) is 18.5. The molecule has 2 saturated heterocycles. The van der Waals surface area contributed by atoms with Gasteiger partial charge in [-0.25, -0.2) is 0 Å². The Bertz CT molecular complexity index is 1350. The van der Waals surface area contributed by atoms with Crippen molar-refractivity contribution in [3.8, 4) is 17.0 Å². The van der Waals surface area contributed by atoms with Crippen LogP contribution in [0.1, 0.15) is 30.9 Å². The van der Waals surface area contributed by atoms with Crippen LogP contribution in [-0.4, -0.2) is 52.9 Å². The summed E-state index contributed by atoms with van der Waals surface area (Å²) in [7, 11) is 0. The second-order valence-corrected chi connectivity index (χ2v) is 10.5. The Kier molecular flexibility index (Phi) is 7.30. The molecule has 1 aromatic heterocycles. The first kappa shape index (κ1) is 27.0. The molecule has 2 aliphatic heterocycles. The van der Waals surface area contributed by atoms with Gasteiger partial charge in [0, 0.05) is 36.3 Å². The van der Waals surface area contributed by atoms with Crippen molar-refractivity contribution in [2.45, 2.75) is 37.6 Å². The molecule has 3 heterocycles. The quantitative estimate of drug-likeness (QED) is 0.381. The Balaban J connectivity index is 1.40. The number of nitrogens with two attached hydrogens (primary N) is 1. The second kappa shape index (κ2) is 10.5. The van der Waals surface area contributed by atoms with Crippen LogP contribution in [0.3, 0.4) is 0 Å². The van der Waals surface area contributed by atoms with Gasteiger partial charge in [-0.3, -0.25) is 4.79 Å². The maximum Gasteiger partial charge on any atom is 0.429 e. The molecule has 206 valence electrons. The number of carbonyl (C=O) groups is 1. The Labute approximate surface area is 228 Å². The number of hydrogen-bond acceptors (Lipinski definition) is 7. The third-order valence-electron chi connectivity index (χ3n) is 7.43. The molecule has 39 heavy (non-hydrogen) atoms. The molecule has 0 amide bonds. The van der Waals surface area contributed by atoms with Gasteiger partial charge in [0.15, 0.2) is 0 Å². The van der Waals surface area contributed by atoms with Crippen LogP contribution in [0.2, 0.25) is 5.02 Å². The standard InChI is InChI=1S/C27H27ClF3N5O3/c28-17-6-7-18(19(12-17)16-4-2-1-3-5-16)23(27(29,30)31)39-22-13-21(34-25(32)35-22)36-10-8-26(9-11-36)14-20(24(37)38)33-15-26/h1-7,12-13,20,23,33H,8-11,14-15H2,(H,37,38)(H2,32,34,35)/t20?,23-/m1/s1. The SMILES string of the molecule is Nc1nc(O[C@H](c2ccc(Cl)cc2-c2ccccc2)C(F)(F)F)cc(N2CCC3(CC2)CNC(C(=O)O)C3)n1. The zero-order valence-electron chi connectivity index (χ0n) is 20.8. The molecule has 5 rings (SSSR count). The van der Waals surface area contributed by atoms with Crippen molar-refractivity contribution in [2.75, 3.05) is 30.3 Å². The topological polar surface area (TPSA) is 114 Å². The molecule has 0 aliphatic carbocycles. The number of nitrogen functional groups attached to an aromatic ring is 1. The summed E-state index contributed by atoms with van der Waals surface area (Å²) in [5.74, 6) is -1.03. The number of hydrogen-bond donors (Lipinski definition) is 3. The lowest BCUT2D eigenvalue weighted by atomic mass is 9.76. The highest BCUT2D eigenvalue weighted by Gasteiger charge is 2.46. The number of alkyl halides is 3. The lowest BCUT2D eigenvalue weighted by molar-refractivity contribution is -0.198. The van der Waals surface area contributed by atoms with Gasteiger partial charge in [0.2, 0.25) is 17.9 Å². The normalized spacial score (nSPS) is 19.7. The number of benzene rings is 2. The number of aromatic nitrogens is 2. The van der Waals surface area contributed by atoms with Crippen molar-refractivity contribution in [1.82, 2.24) is 15.3 Å². The molecular formula is C27H27ClF3N5O3. The molecule has 4 N–H and O–H groups in total. The van der Waals surface area contributed by atoms with E-state index >= 15 is 0 Å². The number of anilines is 2. The third-order valence-corrected chi connectivity index (χ3v) is 7.67. The van der Waals surface area contributed by atoms with Crippen LogP contribution in [0.5, 0.6) is 5.88 Å². The smallest absolute Gasteiger partial charge is 0.429 e.